The highest BCUT2D eigenvalue weighted by atomic mass is 19.1. The van der Waals surface area contributed by atoms with Crippen LogP contribution in [0.15, 0.2) is 0 Å². The summed E-state index contributed by atoms with van der Waals surface area (Å²) in [6, 6.07) is 0. The fourth-order valence-electron chi connectivity index (χ4n) is 2.15. The first-order valence-electron chi connectivity index (χ1n) is 5.60. The van der Waals surface area contributed by atoms with E-state index in [-0.39, 0.29) is 17.5 Å². The van der Waals surface area contributed by atoms with E-state index >= 15 is 0 Å². The molecule has 0 fully saturated rings. The summed E-state index contributed by atoms with van der Waals surface area (Å²) in [6.45, 7) is 5.97. The van der Waals surface area contributed by atoms with E-state index < -0.39 is 0 Å². The lowest BCUT2D eigenvalue weighted by molar-refractivity contribution is 0.365. The van der Waals surface area contributed by atoms with Crippen LogP contribution >= 0.6 is 0 Å². The minimum Gasteiger partial charge on any atom is -0.496 e. The van der Waals surface area contributed by atoms with Gasteiger partial charge in [0.1, 0.15) is 5.75 Å². The molecule has 0 heterocycles. The van der Waals surface area contributed by atoms with Gasteiger partial charge in [-0.3, -0.25) is 0 Å². The van der Waals surface area contributed by atoms with Crippen LogP contribution in [-0.2, 0) is 0 Å². The highest BCUT2D eigenvalue weighted by Crippen LogP contribution is 2.40. The smallest absolute Gasteiger partial charge is 0.171 e. The lowest BCUT2D eigenvalue weighted by Crippen LogP contribution is -2.14. The van der Waals surface area contributed by atoms with E-state index in [9.17, 15) is 4.39 Å². The lowest BCUT2D eigenvalue weighted by Gasteiger charge is -2.22. The van der Waals surface area contributed by atoms with E-state index in [0.717, 1.165) is 11.1 Å². The zero-order chi connectivity index (χ0) is 13.2. The van der Waals surface area contributed by atoms with Gasteiger partial charge in [0.15, 0.2) is 11.6 Å². The van der Waals surface area contributed by atoms with Gasteiger partial charge in [-0.15, -0.1) is 0 Å². The number of ether oxygens (including phenoxy) is 2. The molecule has 4 heteroatoms. The monoisotopic (exact) mass is 241 g/mol. The van der Waals surface area contributed by atoms with Crippen molar-refractivity contribution in [3.63, 3.8) is 0 Å². The van der Waals surface area contributed by atoms with E-state index in [1.165, 1.54) is 7.11 Å². The SMILES string of the molecule is COc1c(C)c(C(C)CN)c(OC)c(C)c1F. The molecule has 1 rings (SSSR count). The van der Waals surface area contributed by atoms with Crippen molar-refractivity contribution in [3.05, 3.63) is 22.5 Å². The fraction of sp³-hybridized carbons (Fsp3) is 0.538. The van der Waals surface area contributed by atoms with E-state index in [1.54, 1.807) is 14.0 Å². The van der Waals surface area contributed by atoms with E-state index in [0.29, 0.717) is 17.9 Å². The number of benzene rings is 1. The van der Waals surface area contributed by atoms with Gasteiger partial charge in [-0.05, 0) is 26.3 Å². The normalized spacial score (nSPS) is 12.4. The molecule has 1 atom stereocenters. The van der Waals surface area contributed by atoms with Crippen molar-refractivity contribution < 1.29 is 13.9 Å². The number of nitrogens with two attached hydrogens (primary N) is 1. The molecule has 1 aromatic carbocycles. The van der Waals surface area contributed by atoms with Crippen molar-refractivity contribution in [3.8, 4) is 11.5 Å². The third kappa shape index (κ3) is 2.22. The molecule has 0 radical (unpaired) electrons. The summed E-state index contributed by atoms with van der Waals surface area (Å²) in [5, 5.41) is 0. The topological polar surface area (TPSA) is 44.5 Å². The molecule has 2 N–H and O–H groups in total. The highest BCUT2D eigenvalue weighted by molar-refractivity contribution is 5.55. The van der Waals surface area contributed by atoms with Crippen molar-refractivity contribution >= 4 is 0 Å². The maximum atomic E-state index is 14.0. The number of rotatable bonds is 4. The van der Waals surface area contributed by atoms with Gasteiger partial charge in [-0.2, -0.15) is 0 Å². The minimum absolute atomic E-state index is 0.0955. The third-order valence-corrected chi connectivity index (χ3v) is 3.11. The van der Waals surface area contributed by atoms with Crippen molar-refractivity contribution in [2.45, 2.75) is 26.7 Å². The van der Waals surface area contributed by atoms with Crippen LogP contribution in [0.2, 0.25) is 0 Å². The largest absolute Gasteiger partial charge is 0.496 e. The van der Waals surface area contributed by atoms with Crippen LogP contribution in [0.25, 0.3) is 0 Å². The molecule has 0 aliphatic rings. The number of hydrogen-bond acceptors (Lipinski definition) is 3. The fourth-order valence-corrected chi connectivity index (χ4v) is 2.15. The van der Waals surface area contributed by atoms with E-state index in [1.807, 2.05) is 13.8 Å². The van der Waals surface area contributed by atoms with Crippen LogP contribution in [-0.4, -0.2) is 20.8 Å². The van der Waals surface area contributed by atoms with Crippen molar-refractivity contribution in [1.82, 2.24) is 0 Å². The Bertz CT molecular complexity index is 419. The number of halogens is 1. The average Bonchev–Trinajstić information content (AvgIpc) is 2.33. The Labute approximate surface area is 102 Å². The molecular weight excluding hydrogens is 221 g/mol. The highest BCUT2D eigenvalue weighted by Gasteiger charge is 2.23. The van der Waals surface area contributed by atoms with Gasteiger partial charge in [-0.1, -0.05) is 6.92 Å². The molecule has 0 saturated heterocycles. The predicted molar refractivity (Wildman–Crippen MR) is 66.4 cm³/mol. The van der Waals surface area contributed by atoms with Crippen LogP contribution in [0.1, 0.15) is 29.5 Å². The Balaban J connectivity index is 3.60. The van der Waals surface area contributed by atoms with Crippen molar-refractivity contribution in [2.24, 2.45) is 5.73 Å². The summed E-state index contributed by atoms with van der Waals surface area (Å²) >= 11 is 0. The molecule has 1 aromatic rings. The first-order chi connectivity index (χ1) is 7.99. The van der Waals surface area contributed by atoms with Gasteiger partial charge >= 0.3 is 0 Å². The van der Waals surface area contributed by atoms with E-state index in [2.05, 4.69) is 0 Å². The summed E-state index contributed by atoms with van der Waals surface area (Å²) in [5.41, 5.74) is 7.83. The summed E-state index contributed by atoms with van der Waals surface area (Å²) in [5.74, 6) is 0.574. The van der Waals surface area contributed by atoms with Gasteiger partial charge in [0, 0.05) is 16.7 Å². The molecule has 0 aliphatic carbocycles. The lowest BCUT2D eigenvalue weighted by atomic mass is 9.92. The minimum atomic E-state index is -0.366. The molecular formula is C13H20FNO2. The first-order valence-corrected chi connectivity index (χ1v) is 5.60. The Kier molecular flexibility index (Phi) is 4.34. The zero-order valence-electron chi connectivity index (χ0n) is 11.1. The molecule has 17 heavy (non-hydrogen) atoms. The Morgan fingerprint density at radius 2 is 1.65 bits per heavy atom. The van der Waals surface area contributed by atoms with E-state index in [4.69, 9.17) is 15.2 Å². The van der Waals surface area contributed by atoms with Crippen LogP contribution in [0.5, 0.6) is 11.5 Å². The molecule has 0 aliphatic heterocycles. The van der Waals surface area contributed by atoms with Crippen LogP contribution in [0.3, 0.4) is 0 Å². The molecule has 0 spiro atoms. The summed E-state index contributed by atoms with van der Waals surface area (Å²) in [7, 11) is 3.01. The van der Waals surface area contributed by atoms with Crippen LogP contribution in [0.4, 0.5) is 4.39 Å². The molecule has 0 saturated carbocycles. The summed E-state index contributed by atoms with van der Waals surface area (Å²) in [6.07, 6.45) is 0. The van der Waals surface area contributed by atoms with Gasteiger partial charge in [0.25, 0.3) is 0 Å². The molecule has 0 bridgehead atoms. The predicted octanol–water partition coefficient (Wildman–Crippen LogP) is 2.52. The Morgan fingerprint density at radius 3 is 2.06 bits per heavy atom. The Hall–Kier alpha value is -1.29. The third-order valence-electron chi connectivity index (χ3n) is 3.11. The second-order valence-corrected chi connectivity index (χ2v) is 4.18. The second kappa shape index (κ2) is 5.36. The molecule has 0 amide bonds. The maximum absolute atomic E-state index is 14.0. The van der Waals surface area contributed by atoms with Gasteiger partial charge in [-0.25, -0.2) is 4.39 Å². The number of methoxy groups -OCH3 is 2. The van der Waals surface area contributed by atoms with Crippen LogP contribution < -0.4 is 15.2 Å². The molecule has 96 valence electrons. The van der Waals surface area contributed by atoms with Gasteiger partial charge < -0.3 is 15.2 Å². The van der Waals surface area contributed by atoms with Gasteiger partial charge in [0.05, 0.1) is 14.2 Å². The molecule has 1 unspecified atom stereocenters. The average molecular weight is 241 g/mol. The summed E-state index contributed by atoms with van der Waals surface area (Å²) < 4.78 is 24.5. The maximum Gasteiger partial charge on any atom is 0.171 e. The Morgan fingerprint density at radius 1 is 1.12 bits per heavy atom. The molecule has 3 nitrogen and oxygen atoms in total. The van der Waals surface area contributed by atoms with Crippen molar-refractivity contribution in [1.29, 1.82) is 0 Å². The molecule has 0 aromatic heterocycles. The standard InChI is InChI=1S/C13H20FNO2/c1-7(6-15)10-8(2)13(17-5)11(14)9(3)12(10)16-4/h7H,6,15H2,1-5H3. The van der Waals surface area contributed by atoms with Gasteiger partial charge in [0.2, 0.25) is 0 Å². The van der Waals surface area contributed by atoms with Crippen molar-refractivity contribution in [2.75, 3.05) is 20.8 Å². The zero-order valence-corrected chi connectivity index (χ0v) is 11.1. The first kappa shape index (κ1) is 13.8. The second-order valence-electron chi connectivity index (χ2n) is 4.18. The van der Waals surface area contributed by atoms with Crippen LogP contribution in [0, 0.1) is 19.7 Å². The number of hydrogen-bond donors (Lipinski definition) is 1. The quantitative estimate of drug-likeness (QED) is 0.881. The summed E-state index contributed by atoms with van der Waals surface area (Å²) in [4.78, 5) is 0.